The Hall–Kier alpha value is -3.46. The molecule has 1 atom stereocenters. The Kier molecular flexibility index (Phi) is 5.89. The maximum Gasteiger partial charge on any atom is 0.250 e. The van der Waals surface area contributed by atoms with Crippen molar-refractivity contribution in [1.82, 2.24) is 10.3 Å². The Balaban J connectivity index is 1.42. The first-order valence-corrected chi connectivity index (χ1v) is 9.84. The van der Waals surface area contributed by atoms with Gasteiger partial charge in [-0.3, -0.25) is 4.79 Å². The monoisotopic (exact) mass is 408 g/mol. The van der Waals surface area contributed by atoms with Crippen molar-refractivity contribution >= 4 is 11.7 Å². The van der Waals surface area contributed by atoms with E-state index < -0.39 is 11.9 Å². The Morgan fingerprint density at radius 2 is 1.90 bits per heavy atom. The Bertz CT molecular complexity index is 950. The van der Waals surface area contributed by atoms with Crippen LogP contribution in [0.25, 0.3) is 0 Å². The fraction of sp³-hybridized carbons (Fsp3) is 0.333. The van der Waals surface area contributed by atoms with E-state index in [9.17, 15) is 9.90 Å². The zero-order valence-electron chi connectivity index (χ0n) is 16.5. The summed E-state index contributed by atoms with van der Waals surface area (Å²) in [5, 5.41) is 20.9. The average molecular weight is 408 g/mol. The van der Waals surface area contributed by atoms with E-state index in [-0.39, 0.29) is 5.75 Å². The molecule has 0 spiro atoms. The van der Waals surface area contributed by atoms with Crippen molar-refractivity contribution in [3.05, 3.63) is 65.1 Å². The second kappa shape index (κ2) is 8.91. The van der Waals surface area contributed by atoms with Gasteiger partial charge in [-0.15, -0.1) is 5.11 Å². The van der Waals surface area contributed by atoms with E-state index in [1.807, 2.05) is 12.1 Å². The van der Waals surface area contributed by atoms with Gasteiger partial charge < -0.3 is 25.8 Å². The maximum atomic E-state index is 12.1. The summed E-state index contributed by atoms with van der Waals surface area (Å²) in [7, 11) is 0. The number of amides is 1. The summed E-state index contributed by atoms with van der Waals surface area (Å²) in [6.45, 7) is 3.51. The summed E-state index contributed by atoms with van der Waals surface area (Å²) < 4.78 is 5.37. The Morgan fingerprint density at radius 1 is 1.17 bits per heavy atom. The van der Waals surface area contributed by atoms with Crippen molar-refractivity contribution in [3.8, 4) is 5.75 Å². The highest BCUT2D eigenvalue weighted by Gasteiger charge is 2.28. The van der Waals surface area contributed by atoms with Gasteiger partial charge in [0.15, 0.2) is 5.82 Å². The van der Waals surface area contributed by atoms with Gasteiger partial charge in [0.2, 0.25) is 0 Å². The molecule has 1 unspecified atom stereocenters. The van der Waals surface area contributed by atoms with Crippen molar-refractivity contribution in [2.45, 2.75) is 19.0 Å². The number of nitrogens with zero attached hydrogens (tertiary/aromatic N) is 4. The van der Waals surface area contributed by atoms with Crippen molar-refractivity contribution in [1.29, 1.82) is 0 Å². The third kappa shape index (κ3) is 4.57. The normalized spacial score (nSPS) is 18.7. The molecule has 156 valence electrons. The number of benzene rings is 1. The number of phenolic OH excluding ortho intramolecular Hbond substituents is 1. The molecule has 9 nitrogen and oxygen atoms in total. The minimum absolute atomic E-state index is 0.199. The number of anilines is 1. The van der Waals surface area contributed by atoms with Crippen LogP contribution in [-0.4, -0.2) is 48.3 Å². The van der Waals surface area contributed by atoms with Gasteiger partial charge in [-0.25, -0.2) is 4.98 Å². The molecular weight excluding hydrogens is 384 g/mol. The van der Waals surface area contributed by atoms with E-state index in [1.54, 1.807) is 30.5 Å². The van der Waals surface area contributed by atoms with E-state index >= 15 is 0 Å². The largest absolute Gasteiger partial charge is 0.508 e. The minimum atomic E-state index is -0.545. The van der Waals surface area contributed by atoms with Crippen LogP contribution in [-0.2, 0) is 22.5 Å². The van der Waals surface area contributed by atoms with Crippen molar-refractivity contribution in [3.63, 3.8) is 0 Å². The molecule has 1 aromatic carbocycles. The van der Waals surface area contributed by atoms with Crippen LogP contribution in [0.4, 0.5) is 5.82 Å². The summed E-state index contributed by atoms with van der Waals surface area (Å²) >= 11 is 0. The van der Waals surface area contributed by atoms with E-state index in [2.05, 4.69) is 25.4 Å². The van der Waals surface area contributed by atoms with Gasteiger partial charge in [-0.2, -0.15) is 5.11 Å². The first-order chi connectivity index (χ1) is 14.6. The molecule has 0 aliphatic carbocycles. The van der Waals surface area contributed by atoms with Crippen LogP contribution < -0.4 is 16.0 Å². The van der Waals surface area contributed by atoms with Gasteiger partial charge in [0.1, 0.15) is 17.6 Å². The lowest BCUT2D eigenvalue weighted by atomic mass is 10.0. The molecule has 4 N–H and O–H groups in total. The van der Waals surface area contributed by atoms with Crippen LogP contribution in [0.2, 0.25) is 0 Å². The molecule has 4 rings (SSSR count). The molecule has 3 heterocycles. The number of aromatic hydroxyl groups is 1. The fourth-order valence-corrected chi connectivity index (χ4v) is 3.49. The summed E-state index contributed by atoms with van der Waals surface area (Å²) in [6, 6.07) is 10.3. The lowest BCUT2D eigenvalue weighted by Crippen LogP contribution is -2.36. The number of hydrogen-bond donors (Lipinski definition) is 3. The molecule has 1 saturated heterocycles. The zero-order valence-corrected chi connectivity index (χ0v) is 16.5. The van der Waals surface area contributed by atoms with E-state index in [4.69, 9.17) is 10.5 Å². The number of carbonyl (C=O) groups is 1. The molecule has 1 aromatic heterocycles. The standard InChI is InChI=1S/C21H24N6O3/c22-20(29)19-17(25-26-21(19)24-12-14-1-4-16(28)5-2-14)11-15-3-6-18(23-13-15)27-7-9-30-10-8-27/h1-6,13,17,24,28H,7-12H2,(H2,22,29). The van der Waals surface area contributed by atoms with Crippen molar-refractivity contribution < 1.29 is 14.6 Å². The van der Waals surface area contributed by atoms with Gasteiger partial charge in [0, 0.05) is 32.3 Å². The quantitative estimate of drug-likeness (QED) is 0.637. The smallest absolute Gasteiger partial charge is 0.250 e. The molecule has 2 aromatic rings. The highest BCUT2D eigenvalue weighted by Crippen LogP contribution is 2.24. The maximum absolute atomic E-state index is 12.1. The third-order valence-corrected chi connectivity index (χ3v) is 5.12. The molecular formula is C21H24N6O3. The lowest BCUT2D eigenvalue weighted by Gasteiger charge is -2.27. The summed E-state index contributed by atoms with van der Waals surface area (Å²) in [6.07, 6.45) is 2.29. The second-order valence-corrected chi connectivity index (χ2v) is 7.21. The predicted molar refractivity (Wildman–Crippen MR) is 111 cm³/mol. The van der Waals surface area contributed by atoms with Gasteiger partial charge in [-0.1, -0.05) is 18.2 Å². The fourth-order valence-electron chi connectivity index (χ4n) is 3.49. The number of primary amides is 1. The van der Waals surface area contributed by atoms with Crippen molar-refractivity contribution in [2.75, 3.05) is 31.2 Å². The molecule has 1 fully saturated rings. The van der Waals surface area contributed by atoms with Crippen LogP contribution in [0.15, 0.2) is 64.2 Å². The molecule has 1 amide bonds. The molecule has 0 saturated carbocycles. The Labute approximate surface area is 174 Å². The van der Waals surface area contributed by atoms with Crippen LogP contribution in [0.3, 0.4) is 0 Å². The van der Waals surface area contributed by atoms with E-state index in [0.29, 0.717) is 37.6 Å². The number of nitrogens with one attached hydrogen (secondary N) is 1. The molecule has 30 heavy (non-hydrogen) atoms. The number of hydrogen-bond acceptors (Lipinski definition) is 8. The number of aromatic nitrogens is 1. The van der Waals surface area contributed by atoms with Gasteiger partial charge in [0.05, 0.1) is 18.8 Å². The minimum Gasteiger partial charge on any atom is -0.508 e. The molecule has 0 bridgehead atoms. The number of carbonyl (C=O) groups excluding carboxylic acids is 1. The van der Waals surface area contributed by atoms with Gasteiger partial charge >= 0.3 is 0 Å². The number of phenols is 1. The van der Waals surface area contributed by atoms with Crippen LogP contribution in [0, 0.1) is 0 Å². The van der Waals surface area contributed by atoms with Crippen LogP contribution in [0.1, 0.15) is 11.1 Å². The molecule has 9 heteroatoms. The lowest BCUT2D eigenvalue weighted by molar-refractivity contribution is -0.114. The van der Waals surface area contributed by atoms with E-state index in [0.717, 1.165) is 30.0 Å². The SMILES string of the molecule is NC(=O)C1=C(NCc2ccc(O)cc2)N=NC1Cc1ccc(N2CCOCC2)nc1. The highest BCUT2D eigenvalue weighted by molar-refractivity contribution is 5.94. The number of rotatable bonds is 7. The topological polar surface area (TPSA) is 125 Å². The highest BCUT2D eigenvalue weighted by atomic mass is 16.5. The molecule has 0 radical (unpaired) electrons. The first-order valence-electron chi connectivity index (χ1n) is 9.84. The van der Waals surface area contributed by atoms with Gasteiger partial charge in [0.25, 0.3) is 5.91 Å². The number of nitrogens with two attached hydrogens (primary N) is 1. The van der Waals surface area contributed by atoms with Crippen molar-refractivity contribution in [2.24, 2.45) is 16.0 Å². The number of ether oxygens (including phenoxy) is 1. The van der Waals surface area contributed by atoms with Gasteiger partial charge in [-0.05, 0) is 29.3 Å². The average Bonchev–Trinajstić information content (AvgIpc) is 3.17. The van der Waals surface area contributed by atoms with Crippen LogP contribution in [0.5, 0.6) is 5.75 Å². The molecule has 2 aliphatic heterocycles. The summed E-state index contributed by atoms with van der Waals surface area (Å²) in [4.78, 5) is 18.8. The predicted octanol–water partition coefficient (Wildman–Crippen LogP) is 1.49. The summed E-state index contributed by atoms with van der Waals surface area (Å²) in [5.41, 5.74) is 7.87. The molecule has 2 aliphatic rings. The summed E-state index contributed by atoms with van der Waals surface area (Å²) in [5.74, 6) is 0.955. The number of morpholine rings is 1. The number of pyridine rings is 1. The third-order valence-electron chi connectivity index (χ3n) is 5.12. The van der Waals surface area contributed by atoms with Crippen LogP contribution >= 0.6 is 0 Å². The second-order valence-electron chi connectivity index (χ2n) is 7.21. The number of azo groups is 1. The zero-order chi connectivity index (χ0) is 20.9. The Morgan fingerprint density at radius 3 is 2.57 bits per heavy atom. The first kappa shape index (κ1) is 19.8. The van der Waals surface area contributed by atoms with E-state index in [1.165, 1.54) is 0 Å².